The summed E-state index contributed by atoms with van der Waals surface area (Å²) in [6, 6.07) is 10.0. The average molecular weight is 293 g/mol. The van der Waals surface area contributed by atoms with Crippen molar-refractivity contribution < 1.29 is 22.9 Å². The topological polar surface area (TPSA) is 107 Å². The lowest BCUT2D eigenvalue weighted by molar-refractivity contribution is -0.664. The summed E-state index contributed by atoms with van der Waals surface area (Å²) < 4.78 is 34.8. The lowest BCUT2D eigenvalue weighted by Gasteiger charge is -2.07. The normalized spacial score (nSPS) is 11.9. The first-order valence-electron chi connectivity index (χ1n) is 5.56. The number of para-hydroxylation sites is 1. The van der Waals surface area contributed by atoms with Gasteiger partial charge in [-0.2, -0.15) is 0 Å². The Labute approximate surface area is 115 Å². The third-order valence-corrected chi connectivity index (χ3v) is 3.44. The summed E-state index contributed by atoms with van der Waals surface area (Å²) in [5.74, 6) is 0. The highest BCUT2D eigenvalue weighted by Gasteiger charge is 2.21. The van der Waals surface area contributed by atoms with Crippen LogP contribution in [0.2, 0.25) is 0 Å². The van der Waals surface area contributed by atoms with E-state index in [9.17, 15) is 13.0 Å². The van der Waals surface area contributed by atoms with Crippen LogP contribution in [0.15, 0.2) is 46.6 Å². The van der Waals surface area contributed by atoms with E-state index >= 15 is 0 Å². The average Bonchev–Trinajstić information content (AvgIpc) is 2.39. The Morgan fingerprint density at radius 2 is 2.00 bits per heavy atom. The first-order valence-corrected chi connectivity index (χ1v) is 6.97. The van der Waals surface area contributed by atoms with E-state index in [0.717, 1.165) is 6.21 Å². The van der Waals surface area contributed by atoms with Gasteiger partial charge in [0.05, 0.1) is 0 Å². The molecule has 0 aliphatic carbocycles. The van der Waals surface area contributed by atoms with Crippen LogP contribution in [0.25, 0.3) is 5.69 Å². The van der Waals surface area contributed by atoms with E-state index in [1.54, 1.807) is 30.3 Å². The van der Waals surface area contributed by atoms with E-state index in [1.807, 2.05) is 0 Å². The maximum absolute atomic E-state index is 11.2. The van der Waals surface area contributed by atoms with Crippen molar-refractivity contribution in [2.45, 2.75) is 11.9 Å². The van der Waals surface area contributed by atoms with Crippen LogP contribution in [0.4, 0.5) is 0 Å². The first kappa shape index (κ1) is 14.1. The van der Waals surface area contributed by atoms with Crippen molar-refractivity contribution in [3.8, 4) is 5.69 Å². The van der Waals surface area contributed by atoms with Crippen LogP contribution in [0.1, 0.15) is 11.3 Å². The summed E-state index contributed by atoms with van der Waals surface area (Å²) in [4.78, 5) is 0. The summed E-state index contributed by atoms with van der Waals surface area (Å²) >= 11 is 0. The van der Waals surface area contributed by atoms with Gasteiger partial charge in [-0.05, 0) is 17.2 Å². The lowest BCUT2D eigenvalue weighted by Crippen LogP contribution is -2.41. The molecular weight excluding hydrogens is 282 g/mol. The molecule has 0 amide bonds. The second-order valence-corrected chi connectivity index (χ2v) is 5.30. The second kappa shape index (κ2) is 5.35. The number of aromatic nitrogens is 2. The van der Waals surface area contributed by atoms with Crippen LogP contribution in [0.3, 0.4) is 0 Å². The van der Waals surface area contributed by atoms with Gasteiger partial charge in [-0.15, -0.1) is 0 Å². The molecule has 0 saturated carbocycles. The fraction of sp³-hybridized carbons (Fsp3) is 0.0833. The summed E-state index contributed by atoms with van der Waals surface area (Å²) in [5.41, 5.74) is 1.05. The van der Waals surface area contributed by atoms with Crippen molar-refractivity contribution in [3.05, 3.63) is 47.7 Å². The van der Waals surface area contributed by atoms with Crippen molar-refractivity contribution in [3.63, 3.8) is 0 Å². The molecule has 1 aromatic heterocycles. The minimum absolute atomic E-state index is 0.182. The Morgan fingerprint density at radius 3 is 2.55 bits per heavy atom. The summed E-state index contributed by atoms with van der Waals surface area (Å²) in [7, 11) is -4.68. The zero-order valence-corrected chi connectivity index (χ0v) is 11.3. The molecule has 0 aliphatic heterocycles. The maximum atomic E-state index is 11.2. The number of hydrogen-bond donors (Lipinski definition) is 1. The molecule has 0 spiro atoms. The lowest BCUT2D eigenvalue weighted by atomic mass is 10.2. The standard InChI is InChI=1S/C12H11N3O4S/c1-9-7-11(8-13-16)15(10-5-3-2-4-6-10)14-12(9)20(17,18)19/h2-8H,1H3,(H,17,18,19). The zero-order valence-electron chi connectivity index (χ0n) is 10.5. The summed E-state index contributed by atoms with van der Waals surface area (Å²) in [5, 5.41) is 14.9. The van der Waals surface area contributed by atoms with Crippen molar-refractivity contribution in [2.75, 3.05) is 0 Å². The van der Waals surface area contributed by atoms with Gasteiger partial charge in [-0.3, -0.25) is 0 Å². The minimum atomic E-state index is -4.68. The van der Waals surface area contributed by atoms with Gasteiger partial charge >= 0.3 is 0 Å². The van der Waals surface area contributed by atoms with E-state index in [-0.39, 0.29) is 5.56 Å². The third-order valence-electron chi connectivity index (χ3n) is 2.56. The number of benzene rings is 1. The molecule has 0 unspecified atom stereocenters. The van der Waals surface area contributed by atoms with Crippen molar-refractivity contribution >= 4 is 16.3 Å². The number of oxime groups is 1. The van der Waals surface area contributed by atoms with Crippen LogP contribution in [0, 0.1) is 6.92 Å². The number of nitrogens with zero attached hydrogens (tertiary/aromatic N) is 3. The Balaban J connectivity index is 2.77. The largest absolute Gasteiger partial charge is 0.743 e. The van der Waals surface area contributed by atoms with Crippen molar-refractivity contribution in [2.24, 2.45) is 5.16 Å². The molecular formula is C12H11N3O4S. The smallest absolute Gasteiger partial charge is 0.260 e. The van der Waals surface area contributed by atoms with Crippen molar-refractivity contribution in [1.82, 2.24) is 5.10 Å². The highest BCUT2D eigenvalue weighted by Crippen LogP contribution is 2.11. The van der Waals surface area contributed by atoms with Crippen LogP contribution >= 0.6 is 0 Å². The zero-order chi connectivity index (χ0) is 14.8. The van der Waals surface area contributed by atoms with Gasteiger partial charge in [0.15, 0.2) is 0 Å². The quantitative estimate of drug-likeness (QED) is 0.289. The Kier molecular flexibility index (Phi) is 3.77. The molecule has 0 radical (unpaired) electrons. The molecule has 20 heavy (non-hydrogen) atoms. The molecule has 0 atom stereocenters. The Bertz CT molecular complexity index is 758. The van der Waals surface area contributed by atoms with Gasteiger partial charge < -0.3 is 9.76 Å². The molecule has 1 N–H and O–H groups in total. The molecule has 8 heteroatoms. The Morgan fingerprint density at radius 1 is 1.35 bits per heavy atom. The van der Waals surface area contributed by atoms with E-state index in [2.05, 4.69) is 10.3 Å². The molecule has 0 bridgehead atoms. The highest BCUT2D eigenvalue weighted by atomic mass is 32.2. The molecule has 0 saturated heterocycles. The molecule has 1 aromatic carbocycles. The summed E-state index contributed by atoms with van der Waals surface area (Å²) in [6.07, 6.45) is 1.11. The van der Waals surface area contributed by atoms with Gasteiger partial charge in [-0.1, -0.05) is 23.4 Å². The van der Waals surface area contributed by atoms with Crippen LogP contribution in [0.5, 0.6) is 0 Å². The predicted octanol–water partition coefficient (Wildman–Crippen LogP) is 0.379. The minimum Gasteiger partial charge on any atom is -0.743 e. The highest BCUT2D eigenvalue weighted by molar-refractivity contribution is 7.85. The van der Waals surface area contributed by atoms with Gasteiger partial charge in [0, 0.05) is 23.3 Å². The van der Waals surface area contributed by atoms with E-state index in [4.69, 9.17) is 5.21 Å². The molecule has 104 valence electrons. The molecule has 7 nitrogen and oxygen atoms in total. The van der Waals surface area contributed by atoms with Gasteiger partial charge in [0.2, 0.25) is 10.7 Å². The van der Waals surface area contributed by atoms with Crippen molar-refractivity contribution in [1.29, 1.82) is 0 Å². The number of rotatable bonds is 3. The van der Waals surface area contributed by atoms with Gasteiger partial charge in [0.1, 0.15) is 16.3 Å². The predicted molar refractivity (Wildman–Crippen MR) is 67.8 cm³/mol. The fourth-order valence-corrected chi connectivity index (χ4v) is 2.38. The fourth-order valence-electron chi connectivity index (χ4n) is 1.75. The molecule has 2 aromatic rings. The van der Waals surface area contributed by atoms with E-state index in [0.29, 0.717) is 11.4 Å². The maximum Gasteiger partial charge on any atom is 0.260 e. The molecule has 1 heterocycles. The number of hydrogen-bond acceptors (Lipinski definition) is 6. The van der Waals surface area contributed by atoms with Crippen LogP contribution in [-0.2, 0) is 10.1 Å². The summed E-state index contributed by atoms with van der Waals surface area (Å²) in [6.45, 7) is 1.45. The molecule has 0 fully saturated rings. The number of aryl methyl sites for hydroxylation is 1. The van der Waals surface area contributed by atoms with Gasteiger partial charge in [-0.25, -0.2) is 8.42 Å². The second-order valence-electron chi connectivity index (χ2n) is 4.00. The third kappa shape index (κ3) is 2.81. The van der Waals surface area contributed by atoms with E-state index < -0.39 is 15.1 Å². The molecule has 0 aliphatic rings. The SMILES string of the molecule is Cc1cc(/C=N/O)[n+](-c2ccccc2)nc1S(=O)(=O)[O-]. The molecule has 2 rings (SSSR count). The Hall–Kier alpha value is -2.32. The van der Waals surface area contributed by atoms with Crippen LogP contribution in [-0.4, -0.2) is 29.5 Å². The monoisotopic (exact) mass is 293 g/mol. The first-order chi connectivity index (χ1) is 9.43. The van der Waals surface area contributed by atoms with E-state index in [1.165, 1.54) is 17.7 Å². The van der Waals surface area contributed by atoms with Crippen LogP contribution < -0.4 is 4.68 Å². The van der Waals surface area contributed by atoms with Gasteiger partial charge in [0.25, 0.3) is 5.69 Å².